The molecule has 0 amide bonds. The van der Waals surface area contributed by atoms with Crippen molar-refractivity contribution in [2.75, 3.05) is 11.9 Å². The molecule has 2 aromatic rings. The minimum atomic E-state index is 0.513. The van der Waals surface area contributed by atoms with E-state index in [1.165, 1.54) is 5.69 Å². The van der Waals surface area contributed by atoms with Crippen LogP contribution in [0.15, 0.2) is 24.4 Å². The molecular weight excluding hydrogens is 248 g/mol. The van der Waals surface area contributed by atoms with Crippen LogP contribution in [0, 0.1) is 13.8 Å². The maximum atomic E-state index is 5.81. The Morgan fingerprint density at radius 3 is 2.83 bits per heavy atom. The van der Waals surface area contributed by atoms with Crippen LogP contribution in [-0.2, 0) is 6.54 Å². The molecule has 96 valence electrons. The monoisotopic (exact) mass is 264 g/mol. The van der Waals surface area contributed by atoms with Crippen molar-refractivity contribution in [3.8, 4) is 0 Å². The quantitative estimate of drug-likeness (QED) is 0.667. The first-order valence-corrected chi connectivity index (χ1v) is 6.39. The highest BCUT2D eigenvalue weighted by Gasteiger charge is 2.00. The van der Waals surface area contributed by atoms with Gasteiger partial charge in [0, 0.05) is 30.7 Å². The molecule has 0 fully saturated rings. The molecule has 0 saturated carbocycles. The van der Waals surface area contributed by atoms with Crippen LogP contribution in [-0.4, -0.2) is 21.3 Å². The number of pyridine rings is 1. The molecule has 1 N–H and O–H groups in total. The summed E-state index contributed by atoms with van der Waals surface area (Å²) >= 11 is 5.81. The van der Waals surface area contributed by atoms with Crippen LogP contribution in [0.4, 0.5) is 5.69 Å². The van der Waals surface area contributed by atoms with E-state index in [-0.39, 0.29) is 0 Å². The van der Waals surface area contributed by atoms with E-state index in [2.05, 4.69) is 28.4 Å². The number of rotatable bonds is 5. The molecule has 0 aliphatic rings. The molecule has 0 bridgehead atoms. The highest BCUT2D eigenvalue weighted by Crippen LogP contribution is 2.11. The normalized spacial score (nSPS) is 10.6. The Morgan fingerprint density at radius 1 is 1.33 bits per heavy atom. The van der Waals surface area contributed by atoms with E-state index in [0.29, 0.717) is 5.15 Å². The molecule has 0 aromatic carbocycles. The zero-order valence-corrected chi connectivity index (χ0v) is 11.4. The number of aromatic nitrogens is 3. The Balaban J connectivity index is 1.78. The zero-order chi connectivity index (χ0) is 13.0. The van der Waals surface area contributed by atoms with E-state index in [4.69, 9.17) is 11.6 Å². The molecule has 2 heterocycles. The molecule has 0 atom stereocenters. The lowest BCUT2D eigenvalue weighted by Crippen LogP contribution is -2.09. The van der Waals surface area contributed by atoms with Crippen molar-refractivity contribution >= 4 is 17.3 Å². The van der Waals surface area contributed by atoms with Gasteiger partial charge in [0.25, 0.3) is 0 Å². The van der Waals surface area contributed by atoms with Gasteiger partial charge in [0.05, 0.1) is 5.69 Å². The molecule has 0 aliphatic carbocycles. The number of hydrogen-bond donors (Lipinski definition) is 1. The van der Waals surface area contributed by atoms with Gasteiger partial charge in [-0.2, -0.15) is 5.10 Å². The lowest BCUT2D eigenvalue weighted by atomic mass is 10.3. The average Bonchev–Trinajstić information content (AvgIpc) is 2.64. The Labute approximate surface area is 112 Å². The standard InChI is InChI=1S/C13H17ClN4/c1-10-8-11(2)18(17-10)7-3-5-15-12-4-6-16-13(14)9-12/h4,6,8-9H,3,5,7H2,1-2H3,(H,15,16). The van der Waals surface area contributed by atoms with Crippen LogP contribution in [0.1, 0.15) is 17.8 Å². The van der Waals surface area contributed by atoms with Gasteiger partial charge in [-0.25, -0.2) is 4.98 Å². The summed E-state index contributed by atoms with van der Waals surface area (Å²) in [6, 6.07) is 5.83. The fourth-order valence-electron chi connectivity index (χ4n) is 1.88. The van der Waals surface area contributed by atoms with Gasteiger partial charge in [-0.1, -0.05) is 11.6 Å². The molecule has 2 rings (SSSR count). The second kappa shape index (κ2) is 5.87. The van der Waals surface area contributed by atoms with Crippen molar-refractivity contribution in [3.63, 3.8) is 0 Å². The third kappa shape index (κ3) is 3.47. The largest absolute Gasteiger partial charge is 0.385 e. The molecule has 0 saturated heterocycles. The van der Waals surface area contributed by atoms with Gasteiger partial charge in [-0.05, 0) is 38.5 Å². The van der Waals surface area contributed by atoms with Crippen LogP contribution in [0.3, 0.4) is 0 Å². The Bertz CT molecular complexity index is 521. The van der Waals surface area contributed by atoms with Crippen LogP contribution in [0.5, 0.6) is 0 Å². The summed E-state index contributed by atoms with van der Waals surface area (Å²) in [6.45, 7) is 5.90. The van der Waals surface area contributed by atoms with Gasteiger partial charge in [0.2, 0.25) is 0 Å². The van der Waals surface area contributed by atoms with Crippen LogP contribution >= 0.6 is 11.6 Å². The second-order valence-electron chi connectivity index (χ2n) is 4.30. The number of hydrogen-bond acceptors (Lipinski definition) is 3. The van der Waals surface area contributed by atoms with Crippen molar-refractivity contribution in [1.29, 1.82) is 0 Å². The van der Waals surface area contributed by atoms with E-state index >= 15 is 0 Å². The maximum absolute atomic E-state index is 5.81. The predicted molar refractivity (Wildman–Crippen MR) is 74.1 cm³/mol. The summed E-state index contributed by atoms with van der Waals surface area (Å²) in [6.07, 6.45) is 2.72. The fourth-order valence-corrected chi connectivity index (χ4v) is 2.05. The SMILES string of the molecule is Cc1cc(C)n(CCCNc2ccnc(Cl)c2)n1. The lowest BCUT2D eigenvalue weighted by molar-refractivity contribution is 0.574. The molecule has 0 spiro atoms. The Morgan fingerprint density at radius 2 is 2.17 bits per heavy atom. The minimum absolute atomic E-state index is 0.513. The van der Waals surface area contributed by atoms with Gasteiger partial charge >= 0.3 is 0 Å². The van der Waals surface area contributed by atoms with Crippen LogP contribution < -0.4 is 5.32 Å². The lowest BCUT2D eigenvalue weighted by Gasteiger charge is -2.07. The van der Waals surface area contributed by atoms with Gasteiger partial charge in [-0.15, -0.1) is 0 Å². The molecule has 0 radical (unpaired) electrons. The van der Waals surface area contributed by atoms with Gasteiger partial charge < -0.3 is 5.32 Å². The van der Waals surface area contributed by atoms with E-state index in [1.807, 2.05) is 23.7 Å². The van der Waals surface area contributed by atoms with Gasteiger partial charge in [0.15, 0.2) is 0 Å². The first kappa shape index (κ1) is 12.9. The van der Waals surface area contributed by atoms with Gasteiger partial charge in [-0.3, -0.25) is 4.68 Å². The average molecular weight is 265 g/mol. The third-order valence-electron chi connectivity index (χ3n) is 2.71. The van der Waals surface area contributed by atoms with Crippen LogP contribution in [0.25, 0.3) is 0 Å². The summed E-state index contributed by atoms with van der Waals surface area (Å²) < 4.78 is 2.04. The van der Waals surface area contributed by atoms with E-state index in [9.17, 15) is 0 Å². The number of halogens is 1. The van der Waals surface area contributed by atoms with E-state index in [1.54, 1.807) is 6.20 Å². The van der Waals surface area contributed by atoms with Crippen LogP contribution in [0.2, 0.25) is 5.15 Å². The van der Waals surface area contributed by atoms with Crippen molar-refractivity contribution in [3.05, 3.63) is 40.9 Å². The van der Waals surface area contributed by atoms with Crippen molar-refractivity contribution in [2.45, 2.75) is 26.8 Å². The first-order chi connectivity index (χ1) is 8.65. The molecule has 2 aromatic heterocycles. The molecular formula is C13H17ClN4. The number of aryl methyl sites for hydroxylation is 3. The van der Waals surface area contributed by atoms with Crippen molar-refractivity contribution in [2.24, 2.45) is 0 Å². The summed E-state index contributed by atoms with van der Waals surface area (Å²) in [5.41, 5.74) is 3.28. The summed E-state index contributed by atoms with van der Waals surface area (Å²) in [5.74, 6) is 0. The highest BCUT2D eigenvalue weighted by molar-refractivity contribution is 6.29. The molecule has 0 aliphatic heterocycles. The zero-order valence-electron chi connectivity index (χ0n) is 10.7. The number of anilines is 1. The van der Waals surface area contributed by atoms with E-state index in [0.717, 1.165) is 30.9 Å². The molecule has 5 heteroatoms. The molecule has 18 heavy (non-hydrogen) atoms. The summed E-state index contributed by atoms with van der Waals surface area (Å²) in [4.78, 5) is 3.94. The predicted octanol–water partition coefficient (Wildman–Crippen LogP) is 3.05. The maximum Gasteiger partial charge on any atom is 0.131 e. The fraction of sp³-hybridized carbons (Fsp3) is 0.385. The van der Waals surface area contributed by atoms with Crippen molar-refractivity contribution in [1.82, 2.24) is 14.8 Å². The minimum Gasteiger partial charge on any atom is -0.385 e. The number of nitrogens with one attached hydrogen (secondary N) is 1. The van der Waals surface area contributed by atoms with Gasteiger partial charge in [0.1, 0.15) is 5.15 Å². The Hall–Kier alpha value is -1.55. The third-order valence-corrected chi connectivity index (χ3v) is 2.91. The Kier molecular flexibility index (Phi) is 4.20. The number of nitrogens with zero attached hydrogens (tertiary/aromatic N) is 3. The van der Waals surface area contributed by atoms with E-state index < -0.39 is 0 Å². The molecule has 4 nitrogen and oxygen atoms in total. The molecule has 0 unspecified atom stereocenters. The summed E-state index contributed by atoms with van der Waals surface area (Å²) in [7, 11) is 0. The first-order valence-electron chi connectivity index (χ1n) is 6.01. The topological polar surface area (TPSA) is 42.7 Å². The highest BCUT2D eigenvalue weighted by atomic mass is 35.5. The smallest absolute Gasteiger partial charge is 0.131 e. The summed E-state index contributed by atoms with van der Waals surface area (Å²) in [5, 5.41) is 8.26. The second-order valence-corrected chi connectivity index (χ2v) is 4.69. The van der Waals surface area contributed by atoms with Crippen molar-refractivity contribution < 1.29 is 0 Å².